The summed E-state index contributed by atoms with van der Waals surface area (Å²) in [5, 5.41) is 3.14. The third-order valence-corrected chi connectivity index (χ3v) is 3.91. The monoisotopic (exact) mass is 337 g/mol. The van der Waals surface area contributed by atoms with Crippen LogP contribution in [0.3, 0.4) is 0 Å². The first kappa shape index (κ1) is 14.1. The largest absolute Gasteiger partial charge is 0.370 e. The standard InChI is InChI=1S/C12H23N3.HI/c1-2-8-14-11(13)15-9-12(6-3-7-12)10-4-5-10;/h10H,2-9H2,1H3,(H3,13,14,15);1H. The van der Waals surface area contributed by atoms with Crippen LogP contribution in [0, 0.1) is 11.3 Å². The number of halogens is 1. The molecule has 2 saturated carbocycles. The fourth-order valence-corrected chi connectivity index (χ4v) is 2.57. The molecule has 2 aliphatic rings. The van der Waals surface area contributed by atoms with Gasteiger partial charge in [0.05, 0.1) is 0 Å². The highest BCUT2D eigenvalue weighted by Gasteiger charge is 2.48. The molecule has 2 fully saturated rings. The van der Waals surface area contributed by atoms with E-state index in [0.29, 0.717) is 11.4 Å². The van der Waals surface area contributed by atoms with Gasteiger partial charge in [-0.05, 0) is 43.4 Å². The molecule has 0 bridgehead atoms. The molecular weight excluding hydrogens is 313 g/mol. The van der Waals surface area contributed by atoms with E-state index in [4.69, 9.17) is 5.73 Å². The summed E-state index contributed by atoms with van der Waals surface area (Å²) in [6.45, 7) is 4.03. The number of aliphatic imine (C=N–C) groups is 1. The highest BCUT2D eigenvalue weighted by atomic mass is 127. The van der Waals surface area contributed by atoms with Gasteiger partial charge in [0.2, 0.25) is 0 Å². The number of hydrogen-bond donors (Lipinski definition) is 2. The molecule has 2 rings (SSSR count). The minimum atomic E-state index is 0. The molecule has 3 N–H and O–H groups in total. The van der Waals surface area contributed by atoms with Crippen molar-refractivity contribution in [1.29, 1.82) is 0 Å². The van der Waals surface area contributed by atoms with Crippen molar-refractivity contribution >= 4 is 29.9 Å². The Balaban J connectivity index is 0.00000128. The number of nitrogens with two attached hydrogens (primary N) is 1. The lowest BCUT2D eigenvalue weighted by molar-refractivity contribution is 0.113. The molecule has 0 spiro atoms. The lowest BCUT2D eigenvalue weighted by Crippen LogP contribution is -2.38. The van der Waals surface area contributed by atoms with Crippen LogP contribution in [0.4, 0.5) is 0 Å². The van der Waals surface area contributed by atoms with E-state index in [0.717, 1.165) is 25.4 Å². The molecule has 0 radical (unpaired) electrons. The van der Waals surface area contributed by atoms with E-state index in [-0.39, 0.29) is 24.0 Å². The van der Waals surface area contributed by atoms with Crippen LogP contribution in [0.25, 0.3) is 0 Å². The van der Waals surface area contributed by atoms with Crippen molar-refractivity contribution in [2.24, 2.45) is 22.1 Å². The van der Waals surface area contributed by atoms with Gasteiger partial charge in [0.25, 0.3) is 0 Å². The SMILES string of the molecule is CCCNC(N)=NCC1(C2CC2)CCC1.I. The summed E-state index contributed by atoms with van der Waals surface area (Å²) in [7, 11) is 0. The third kappa shape index (κ3) is 3.25. The second kappa shape index (κ2) is 6.07. The Morgan fingerprint density at radius 3 is 2.56 bits per heavy atom. The molecule has 0 amide bonds. The molecule has 0 unspecified atom stereocenters. The number of rotatable bonds is 5. The van der Waals surface area contributed by atoms with Crippen molar-refractivity contribution in [1.82, 2.24) is 5.32 Å². The van der Waals surface area contributed by atoms with E-state index in [1.165, 1.54) is 32.1 Å². The molecule has 0 aliphatic heterocycles. The fraction of sp³-hybridized carbons (Fsp3) is 0.917. The molecule has 0 aromatic carbocycles. The van der Waals surface area contributed by atoms with E-state index in [9.17, 15) is 0 Å². The smallest absolute Gasteiger partial charge is 0.188 e. The Morgan fingerprint density at radius 1 is 1.44 bits per heavy atom. The minimum absolute atomic E-state index is 0. The Kier molecular flexibility index (Phi) is 5.34. The molecular formula is C12H24IN3. The lowest BCUT2D eigenvalue weighted by atomic mass is 9.65. The molecule has 0 saturated heterocycles. The molecule has 0 atom stereocenters. The van der Waals surface area contributed by atoms with Gasteiger partial charge in [-0.2, -0.15) is 0 Å². The Hall–Kier alpha value is 0. The first-order chi connectivity index (χ1) is 7.27. The second-order valence-corrected chi connectivity index (χ2v) is 5.12. The average molecular weight is 337 g/mol. The normalized spacial score (nSPS) is 23.2. The first-order valence-corrected chi connectivity index (χ1v) is 6.31. The summed E-state index contributed by atoms with van der Waals surface area (Å²) in [6, 6.07) is 0. The summed E-state index contributed by atoms with van der Waals surface area (Å²) in [5.74, 6) is 1.61. The number of guanidine groups is 1. The number of hydrogen-bond acceptors (Lipinski definition) is 1. The zero-order chi connectivity index (χ0) is 10.7. The summed E-state index contributed by atoms with van der Waals surface area (Å²) in [5.41, 5.74) is 6.36. The van der Waals surface area contributed by atoms with Crippen molar-refractivity contribution in [2.45, 2.75) is 45.4 Å². The van der Waals surface area contributed by atoms with Crippen LogP contribution in [-0.2, 0) is 0 Å². The summed E-state index contributed by atoms with van der Waals surface area (Å²) in [6.07, 6.45) is 8.11. The van der Waals surface area contributed by atoms with Gasteiger partial charge in [0, 0.05) is 13.1 Å². The number of nitrogens with zero attached hydrogens (tertiary/aromatic N) is 1. The molecule has 94 valence electrons. The lowest BCUT2D eigenvalue weighted by Gasteiger charge is -2.41. The highest BCUT2D eigenvalue weighted by molar-refractivity contribution is 14.0. The molecule has 4 heteroatoms. The van der Waals surface area contributed by atoms with Gasteiger partial charge < -0.3 is 11.1 Å². The van der Waals surface area contributed by atoms with Crippen molar-refractivity contribution < 1.29 is 0 Å². The maximum Gasteiger partial charge on any atom is 0.188 e. The molecule has 0 aromatic rings. The van der Waals surface area contributed by atoms with Crippen LogP contribution < -0.4 is 11.1 Å². The fourth-order valence-electron chi connectivity index (χ4n) is 2.57. The second-order valence-electron chi connectivity index (χ2n) is 5.12. The molecule has 0 heterocycles. The van der Waals surface area contributed by atoms with Crippen LogP contribution in [0.2, 0.25) is 0 Å². The maximum atomic E-state index is 5.81. The average Bonchev–Trinajstić information content (AvgIpc) is 2.97. The Bertz CT molecular complexity index is 245. The molecule has 3 nitrogen and oxygen atoms in total. The van der Waals surface area contributed by atoms with Crippen molar-refractivity contribution in [3.8, 4) is 0 Å². The van der Waals surface area contributed by atoms with Crippen molar-refractivity contribution in [2.75, 3.05) is 13.1 Å². The first-order valence-electron chi connectivity index (χ1n) is 6.31. The third-order valence-electron chi connectivity index (χ3n) is 3.91. The van der Waals surface area contributed by atoms with E-state index in [2.05, 4.69) is 17.2 Å². The predicted molar refractivity (Wildman–Crippen MR) is 79.2 cm³/mol. The van der Waals surface area contributed by atoms with Crippen LogP contribution in [-0.4, -0.2) is 19.0 Å². The molecule has 16 heavy (non-hydrogen) atoms. The van der Waals surface area contributed by atoms with Crippen LogP contribution in [0.1, 0.15) is 45.4 Å². The van der Waals surface area contributed by atoms with E-state index < -0.39 is 0 Å². The number of nitrogens with one attached hydrogen (secondary N) is 1. The summed E-state index contributed by atoms with van der Waals surface area (Å²) >= 11 is 0. The van der Waals surface area contributed by atoms with E-state index in [1.54, 1.807) is 0 Å². The van der Waals surface area contributed by atoms with Gasteiger partial charge in [-0.15, -0.1) is 24.0 Å². The van der Waals surface area contributed by atoms with E-state index in [1.807, 2.05) is 0 Å². The quantitative estimate of drug-likeness (QED) is 0.460. The highest BCUT2D eigenvalue weighted by Crippen LogP contribution is 2.57. The van der Waals surface area contributed by atoms with Crippen molar-refractivity contribution in [3.63, 3.8) is 0 Å². The molecule has 0 aromatic heterocycles. The maximum absolute atomic E-state index is 5.81. The van der Waals surface area contributed by atoms with Crippen molar-refractivity contribution in [3.05, 3.63) is 0 Å². The summed E-state index contributed by atoms with van der Waals surface area (Å²) in [4.78, 5) is 4.50. The summed E-state index contributed by atoms with van der Waals surface area (Å²) < 4.78 is 0. The van der Waals surface area contributed by atoms with Gasteiger partial charge in [0.15, 0.2) is 5.96 Å². The van der Waals surface area contributed by atoms with Gasteiger partial charge in [-0.25, -0.2) is 0 Å². The zero-order valence-electron chi connectivity index (χ0n) is 10.2. The van der Waals surface area contributed by atoms with Gasteiger partial charge in [-0.1, -0.05) is 13.3 Å². The Morgan fingerprint density at radius 2 is 2.12 bits per heavy atom. The van der Waals surface area contributed by atoms with Gasteiger partial charge in [0.1, 0.15) is 0 Å². The zero-order valence-corrected chi connectivity index (χ0v) is 12.5. The minimum Gasteiger partial charge on any atom is -0.370 e. The predicted octanol–water partition coefficient (Wildman–Crippen LogP) is 2.50. The van der Waals surface area contributed by atoms with Crippen LogP contribution in [0.15, 0.2) is 4.99 Å². The van der Waals surface area contributed by atoms with Gasteiger partial charge in [-0.3, -0.25) is 4.99 Å². The van der Waals surface area contributed by atoms with Gasteiger partial charge >= 0.3 is 0 Å². The van der Waals surface area contributed by atoms with Crippen LogP contribution >= 0.6 is 24.0 Å². The Labute approximate surface area is 116 Å². The van der Waals surface area contributed by atoms with Crippen LogP contribution in [0.5, 0.6) is 0 Å². The topological polar surface area (TPSA) is 50.4 Å². The molecule has 2 aliphatic carbocycles. The van der Waals surface area contributed by atoms with E-state index >= 15 is 0 Å².